The molecule has 0 aromatic rings. The van der Waals surface area contributed by atoms with Gasteiger partial charge in [0.1, 0.15) is 6.04 Å². The second kappa shape index (κ2) is 4.68. The Kier molecular flexibility index (Phi) is 3.80. The maximum Gasteiger partial charge on any atom is 0.327 e. The summed E-state index contributed by atoms with van der Waals surface area (Å²) in [5.41, 5.74) is 0. The molecule has 0 saturated carbocycles. The number of carboxylic acid groups (broad SMARTS) is 1. The molecule has 1 saturated heterocycles. The minimum Gasteiger partial charge on any atom is -0.480 e. The molecule has 0 aromatic carbocycles. The first-order valence-corrected chi connectivity index (χ1v) is 5.80. The summed E-state index contributed by atoms with van der Waals surface area (Å²) in [5.74, 6) is 0.264. The lowest BCUT2D eigenvalue weighted by molar-refractivity contribution is -0.150. The summed E-state index contributed by atoms with van der Waals surface area (Å²) in [6, 6.07) is -0.636. The van der Waals surface area contributed by atoms with Gasteiger partial charge in [0.2, 0.25) is 5.91 Å². The van der Waals surface area contributed by atoms with Crippen LogP contribution in [0.2, 0.25) is 0 Å². The number of hydrogen-bond donors (Lipinski definition) is 1. The quantitative estimate of drug-likeness (QED) is 0.738. The highest BCUT2D eigenvalue weighted by Gasteiger charge is 2.32. The van der Waals surface area contributed by atoms with Crippen molar-refractivity contribution in [1.82, 2.24) is 4.90 Å². The predicted molar refractivity (Wildman–Crippen MR) is 55.3 cm³/mol. The van der Waals surface area contributed by atoms with Crippen LogP contribution >= 0.6 is 11.8 Å². The van der Waals surface area contributed by atoms with E-state index in [2.05, 4.69) is 0 Å². The van der Waals surface area contributed by atoms with Crippen molar-refractivity contribution < 1.29 is 14.7 Å². The third-order valence-electron chi connectivity index (χ3n) is 2.19. The number of carbonyl (C=O) groups excluding carboxylic acids is 1. The summed E-state index contributed by atoms with van der Waals surface area (Å²) < 4.78 is 0. The minimum atomic E-state index is -0.897. The predicted octanol–water partition coefficient (Wildman–Crippen LogP) is 0.671. The smallest absolute Gasteiger partial charge is 0.327 e. The van der Waals surface area contributed by atoms with E-state index in [9.17, 15) is 9.59 Å². The Hall–Kier alpha value is -0.710. The zero-order valence-corrected chi connectivity index (χ0v) is 9.21. The fraction of sp³-hybridized carbons (Fsp3) is 0.778. The topological polar surface area (TPSA) is 57.6 Å². The van der Waals surface area contributed by atoms with Crippen molar-refractivity contribution in [2.24, 2.45) is 5.92 Å². The van der Waals surface area contributed by atoms with Crippen LogP contribution in [0, 0.1) is 5.92 Å². The average molecular weight is 217 g/mol. The molecule has 4 nitrogen and oxygen atoms in total. The van der Waals surface area contributed by atoms with Gasteiger partial charge in [-0.2, -0.15) is 11.8 Å². The Balaban J connectivity index is 2.72. The van der Waals surface area contributed by atoms with Crippen LogP contribution in [0.15, 0.2) is 0 Å². The maximum absolute atomic E-state index is 11.7. The number of nitrogens with zero attached hydrogens (tertiary/aromatic N) is 1. The van der Waals surface area contributed by atoms with Crippen LogP contribution in [0.1, 0.15) is 13.8 Å². The average Bonchev–Trinajstić information content (AvgIpc) is 2.16. The number of carboxylic acids is 1. The van der Waals surface area contributed by atoms with E-state index >= 15 is 0 Å². The van der Waals surface area contributed by atoms with E-state index in [1.807, 2.05) is 0 Å². The van der Waals surface area contributed by atoms with Crippen molar-refractivity contribution in [2.45, 2.75) is 19.9 Å². The highest BCUT2D eigenvalue weighted by molar-refractivity contribution is 7.99. The largest absolute Gasteiger partial charge is 0.480 e. The molecular weight excluding hydrogens is 202 g/mol. The van der Waals surface area contributed by atoms with Crippen LogP contribution < -0.4 is 0 Å². The van der Waals surface area contributed by atoms with Crippen LogP contribution in [0.3, 0.4) is 0 Å². The molecule has 1 fully saturated rings. The molecule has 1 aliphatic heterocycles. The lowest BCUT2D eigenvalue weighted by Crippen LogP contribution is -2.51. The fourth-order valence-corrected chi connectivity index (χ4v) is 2.44. The first kappa shape index (κ1) is 11.4. The van der Waals surface area contributed by atoms with E-state index in [0.717, 1.165) is 5.75 Å². The van der Waals surface area contributed by atoms with Gasteiger partial charge < -0.3 is 10.0 Å². The molecule has 1 rings (SSSR count). The van der Waals surface area contributed by atoms with E-state index in [1.54, 1.807) is 25.6 Å². The van der Waals surface area contributed by atoms with E-state index < -0.39 is 12.0 Å². The number of rotatable bonds is 2. The number of thioether (sulfide) groups is 1. The first-order chi connectivity index (χ1) is 6.54. The Bertz CT molecular complexity index is 242. The molecule has 14 heavy (non-hydrogen) atoms. The van der Waals surface area contributed by atoms with Crippen LogP contribution in [-0.2, 0) is 9.59 Å². The third kappa shape index (κ3) is 2.41. The van der Waals surface area contributed by atoms with Gasteiger partial charge in [0.25, 0.3) is 0 Å². The van der Waals surface area contributed by atoms with Gasteiger partial charge in [0, 0.05) is 24.0 Å². The Morgan fingerprint density at radius 3 is 2.64 bits per heavy atom. The maximum atomic E-state index is 11.7. The van der Waals surface area contributed by atoms with Crippen LogP contribution in [0.4, 0.5) is 0 Å². The second-order valence-electron chi connectivity index (χ2n) is 3.62. The molecule has 0 aromatic heterocycles. The zero-order valence-electron chi connectivity index (χ0n) is 8.40. The molecule has 1 N–H and O–H groups in total. The third-order valence-corrected chi connectivity index (χ3v) is 3.21. The highest BCUT2D eigenvalue weighted by atomic mass is 32.2. The second-order valence-corrected chi connectivity index (χ2v) is 4.77. The summed E-state index contributed by atoms with van der Waals surface area (Å²) in [5, 5.41) is 8.93. The van der Waals surface area contributed by atoms with E-state index in [4.69, 9.17) is 5.11 Å². The molecule has 80 valence electrons. The summed E-state index contributed by atoms with van der Waals surface area (Å²) in [7, 11) is 0. The van der Waals surface area contributed by atoms with Crippen LogP contribution in [-0.4, -0.2) is 46.0 Å². The van der Waals surface area contributed by atoms with Gasteiger partial charge in [-0.15, -0.1) is 0 Å². The highest BCUT2D eigenvalue weighted by Crippen LogP contribution is 2.18. The number of carbonyl (C=O) groups is 2. The number of hydrogen-bond acceptors (Lipinski definition) is 3. The van der Waals surface area contributed by atoms with Gasteiger partial charge in [-0.25, -0.2) is 4.79 Å². The van der Waals surface area contributed by atoms with Crippen molar-refractivity contribution in [2.75, 3.05) is 18.1 Å². The van der Waals surface area contributed by atoms with E-state index in [0.29, 0.717) is 12.3 Å². The van der Waals surface area contributed by atoms with Gasteiger partial charge in [-0.3, -0.25) is 4.79 Å². The molecular formula is C9H15NO3S. The van der Waals surface area contributed by atoms with Crippen LogP contribution in [0.5, 0.6) is 0 Å². The lowest BCUT2D eigenvalue weighted by atomic mass is 10.1. The molecule has 1 amide bonds. The van der Waals surface area contributed by atoms with Crippen molar-refractivity contribution in [3.63, 3.8) is 0 Å². The molecule has 1 aliphatic rings. The van der Waals surface area contributed by atoms with Crippen molar-refractivity contribution in [1.29, 1.82) is 0 Å². The minimum absolute atomic E-state index is 0.0577. The molecule has 1 unspecified atom stereocenters. The normalized spacial score (nSPS) is 22.5. The fourth-order valence-electron chi connectivity index (χ4n) is 1.40. The van der Waals surface area contributed by atoms with Crippen molar-refractivity contribution in [3.05, 3.63) is 0 Å². The van der Waals surface area contributed by atoms with Crippen molar-refractivity contribution in [3.8, 4) is 0 Å². The summed E-state index contributed by atoms with van der Waals surface area (Å²) >= 11 is 1.59. The first-order valence-electron chi connectivity index (χ1n) is 4.65. The standard InChI is InChI=1S/C9H15NO3S/c1-6(2)8(11)10-3-4-14-5-7(10)9(12)13/h6-7H,3-5H2,1-2H3,(H,12,13). The van der Waals surface area contributed by atoms with Gasteiger partial charge in [-0.1, -0.05) is 13.8 Å². The Labute approximate surface area is 87.7 Å². The Morgan fingerprint density at radius 1 is 1.50 bits per heavy atom. The van der Waals surface area contributed by atoms with Gasteiger partial charge >= 0.3 is 5.97 Å². The summed E-state index contributed by atoms with van der Waals surface area (Å²) in [6.07, 6.45) is 0. The molecule has 1 heterocycles. The molecule has 1 atom stereocenters. The summed E-state index contributed by atoms with van der Waals surface area (Å²) in [4.78, 5) is 24.0. The Morgan fingerprint density at radius 2 is 2.14 bits per heavy atom. The number of aliphatic carboxylic acids is 1. The lowest BCUT2D eigenvalue weighted by Gasteiger charge is -2.33. The zero-order chi connectivity index (χ0) is 10.7. The summed E-state index contributed by atoms with van der Waals surface area (Å²) in [6.45, 7) is 4.14. The van der Waals surface area contributed by atoms with Crippen LogP contribution in [0.25, 0.3) is 0 Å². The van der Waals surface area contributed by atoms with Gasteiger partial charge in [-0.05, 0) is 0 Å². The molecule has 0 bridgehead atoms. The molecule has 0 aliphatic carbocycles. The van der Waals surface area contributed by atoms with E-state index in [1.165, 1.54) is 4.90 Å². The monoisotopic (exact) mass is 217 g/mol. The molecule has 0 spiro atoms. The molecule has 5 heteroatoms. The SMILES string of the molecule is CC(C)C(=O)N1CCSCC1C(=O)O. The van der Waals surface area contributed by atoms with E-state index in [-0.39, 0.29) is 11.8 Å². The molecule has 0 radical (unpaired) electrons. The number of amides is 1. The van der Waals surface area contributed by atoms with Gasteiger partial charge in [0.05, 0.1) is 0 Å². The van der Waals surface area contributed by atoms with Crippen molar-refractivity contribution >= 4 is 23.6 Å². The van der Waals surface area contributed by atoms with Gasteiger partial charge in [0.15, 0.2) is 0 Å².